The molecule has 132 valence electrons. The Hall–Kier alpha value is -3.79. The number of rotatable bonds is 8. The third-order valence-corrected chi connectivity index (χ3v) is 3.41. The van der Waals surface area contributed by atoms with Crippen molar-refractivity contribution in [1.82, 2.24) is 15.0 Å². The lowest BCUT2D eigenvalue weighted by atomic mass is 10.3. The van der Waals surface area contributed by atoms with Crippen LogP contribution in [0.15, 0.2) is 24.5 Å². The molecular formula is C16H16N8O2. The summed E-state index contributed by atoms with van der Waals surface area (Å²) >= 11 is 0. The fraction of sp³-hybridized carbons (Fsp3) is 0.312. The number of nitro groups is 1. The van der Waals surface area contributed by atoms with Gasteiger partial charge in [-0.1, -0.05) is 6.07 Å². The fourth-order valence-corrected chi connectivity index (χ4v) is 2.29. The van der Waals surface area contributed by atoms with Crippen molar-refractivity contribution in [3.05, 3.63) is 40.3 Å². The van der Waals surface area contributed by atoms with Crippen molar-refractivity contribution in [1.29, 1.82) is 10.5 Å². The average molecular weight is 352 g/mol. The first-order valence-electron chi connectivity index (χ1n) is 7.75. The topological polar surface area (TPSA) is 145 Å². The van der Waals surface area contributed by atoms with Gasteiger partial charge >= 0.3 is 5.69 Å². The van der Waals surface area contributed by atoms with Crippen LogP contribution in [-0.2, 0) is 0 Å². The molecule has 0 aromatic carbocycles. The molecule has 2 aromatic heterocycles. The standard InChI is InChI=1S/C16H16N8O2/c1-12-5-2-6-13(21-12)22-15-14(24(25)26)16(20-11-19-15)23(9-3-7-17)10-4-8-18/h2,5-6,11H,3-4,9-10H2,1H3,(H,19,20,21,22). The number of aromatic nitrogens is 3. The molecule has 2 aromatic rings. The molecule has 0 radical (unpaired) electrons. The monoisotopic (exact) mass is 352 g/mol. The summed E-state index contributed by atoms with van der Waals surface area (Å²) in [5.41, 5.74) is 0.420. The van der Waals surface area contributed by atoms with Gasteiger partial charge in [0.05, 0.1) is 29.9 Å². The Kier molecular flexibility index (Phi) is 6.34. The lowest BCUT2D eigenvalue weighted by Gasteiger charge is -2.21. The molecule has 10 heteroatoms. The number of aryl methyl sites for hydroxylation is 1. The largest absolute Gasteiger partial charge is 0.353 e. The molecule has 0 aliphatic heterocycles. The van der Waals surface area contributed by atoms with E-state index in [0.717, 1.165) is 5.69 Å². The Labute approximate surface area is 149 Å². The first-order chi connectivity index (χ1) is 12.6. The van der Waals surface area contributed by atoms with Gasteiger partial charge in [-0.15, -0.1) is 0 Å². The van der Waals surface area contributed by atoms with Crippen molar-refractivity contribution in [2.75, 3.05) is 23.3 Å². The molecule has 0 atom stereocenters. The Morgan fingerprint density at radius 3 is 2.50 bits per heavy atom. The minimum Gasteiger partial charge on any atom is -0.349 e. The minimum atomic E-state index is -0.584. The maximum Gasteiger partial charge on any atom is 0.353 e. The fourth-order valence-electron chi connectivity index (χ4n) is 2.29. The molecule has 10 nitrogen and oxygen atoms in total. The molecule has 0 unspecified atom stereocenters. The number of pyridine rings is 1. The zero-order valence-corrected chi connectivity index (χ0v) is 14.1. The summed E-state index contributed by atoms with van der Waals surface area (Å²) in [7, 11) is 0. The molecule has 0 saturated heterocycles. The van der Waals surface area contributed by atoms with Crippen LogP contribution in [0.5, 0.6) is 0 Å². The highest BCUT2D eigenvalue weighted by molar-refractivity contribution is 5.73. The van der Waals surface area contributed by atoms with Gasteiger partial charge in [-0.3, -0.25) is 10.1 Å². The molecule has 0 amide bonds. The summed E-state index contributed by atoms with van der Waals surface area (Å²) in [6, 6.07) is 9.22. The molecule has 0 saturated carbocycles. The second-order valence-corrected chi connectivity index (χ2v) is 5.24. The number of nitrogens with zero attached hydrogens (tertiary/aromatic N) is 7. The van der Waals surface area contributed by atoms with Crippen LogP contribution in [-0.4, -0.2) is 33.0 Å². The van der Waals surface area contributed by atoms with Gasteiger partial charge < -0.3 is 10.2 Å². The average Bonchev–Trinajstić information content (AvgIpc) is 2.61. The van der Waals surface area contributed by atoms with E-state index in [1.807, 2.05) is 12.1 Å². The Morgan fingerprint density at radius 1 is 1.23 bits per heavy atom. The van der Waals surface area contributed by atoms with Crippen LogP contribution < -0.4 is 10.2 Å². The zero-order valence-electron chi connectivity index (χ0n) is 14.1. The molecule has 0 fully saturated rings. The van der Waals surface area contributed by atoms with Crippen molar-refractivity contribution in [2.24, 2.45) is 0 Å². The summed E-state index contributed by atoms with van der Waals surface area (Å²) in [4.78, 5) is 24.9. The van der Waals surface area contributed by atoms with Gasteiger partial charge in [0.25, 0.3) is 0 Å². The maximum absolute atomic E-state index is 11.7. The molecule has 2 rings (SSSR count). The Balaban J connectivity index is 2.44. The quantitative estimate of drug-likeness (QED) is 0.559. The van der Waals surface area contributed by atoms with Gasteiger partial charge in [0, 0.05) is 18.8 Å². The summed E-state index contributed by atoms with van der Waals surface area (Å²) < 4.78 is 0. The molecule has 0 aliphatic carbocycles. The van der Waals surface area contributed by atoms with E-state index in [0.29, 0.717) is 5.82 Å². The number of anilines is 3. The van der Waals surface area contributed by atoms with E-state index >= 15 is 0 Å². The van der Waals surface area contributed by atoms with Crippen molar-refractivity contribution >= 4 is 23.1 Å². The SMILES string of the molecule is Cc1cccc(Nc2ncnc(N(CCC#N)CCC#N)c2[N+](=O)[O-])n1. The maximum atomic E-state index is 11.7. The number of nitriles is 2. The van der Waals surface area contributed by atoms with Crippen molar-refractivity contribution in [3.8, 4) is 12.1 Å². The van der Waals surface area contributed by atoms with E-state index < -0.39 is 4.92 Å². The van der Waals surface area contributed by atoms with Crippen molar-refractivity contribution < 1.29 is 4.92 Å². The van der Waals surface area contributed by atoms with E-state index in [2.05, 4.69) is 20.3 Å². The zero-order chi connectivity index (χ0) is 18.9. The van der Waals surface area contributed by atoms with Crippen LogP contribution in [0.1, 0.15) is 18.5 Å². The molecule has 2 heterocycles. The van der Waals surface area contributed by atoms with E-state index in [1.54, 1.807) is 30.0 Å². The summed E-state index contributed by atoms with van der Waals surface area (Å²) in [6.07, 6.45) is 1.50. The highest BCUT2D eigenvalue weighted by Gasteiger charge is 2.27. The van der Waals surface area contributed by atoms with E-state index in [-0.39, 0.29) is 43.3 Å². The first-order valence-corrected chi connectivity index (χ1v) is 7.75. The summed E-state index contributed by atoms with van der Waals surface area (Å²) in [5.74, 6) is 0.473. The number of nitrogens with one attached hydrogen (secondary N) is 1. The van der Waals surface area contributed by atoms with Crippen LogP contribution in [0.2, 0.25) is 0 Å². The number of hydrogen-bond donors (Lipinski definition) is 1. The second-order valence-electron chi connectivity index (χ2n) is 5.24. The van der Waals surface area contributed by atoms with Crippen LogP contribution in [0.3, 0.4) is 0 Å². The van der Waals surface area contributed by atoms with Gasteiger partial charge in [-0.25, -0.2) is 15.0 Å². The molecule has 0 aliphatic rings. The van der Waals surface area contributed by atoms with Gasteiger partial charge in [0.1, 0.15) is 12.1 Å². The van der Waals surface area contributed by atoms with Gasteiger partial charge in [0.15, 0.2) is 0 Å². The molecule has 0 bridgehead atoms. The van der Waals surface area contributed by atoms with E-state index in [4.69, 9.17) is 10.5 Å². The van der Waals surface area contributed by atoms with Crippen molar-refractivity contribution in [2.45, 2.75) is 19.8 Å². The van der Waals surface area contributed by atoms with Gasteiger partial charge in [0.2, 0.25) is 11.6 Å². The minimum absolute atomic E-state index is 0.00276. The van der Waals surface area contributed by atoms with Crippen molar-refractivity contribution in [3.63, 3.8) is 0 Å². The smallest absolute Gasteiger partial charge is 0.349 e. The number of hydrogen-bond acceptors (Lipinski definition) is 9. The highest BCUT2D eigenvalue weighted by atomic mass is 16.6. The molecule has 26 heavy (non-hydrogen) atoms. The van der Waals surface area contributed by atoms with Crippen LogP contribution in [0, 0.1) is 39.7 Å². The molecular weight excluding hydrogens is 336 g/mol. The predicted octanol–water partition coefficient (Wildman–Crippen LogP) is 2.47. The predicted molar refractivity (Wildman–Crippen MR) is 93.6 cm³/mol. The van der Waals surface area contributed by atoms with Crippen LogP contribution in [0.25, 0.3) is 0 Å². The van der Waals surface area contributed by atoms with E-state index in [9.17, 15) is 10.1 Å². The molecule has 0 spiro atoms. The van der Waals surface area contributed by atoms with Crippen LogP contribution >= 0.6 is 0 Å². The molecule has 1 N–H and O–H groups in total. The van der Waals surface area contributed by atoms with Gasteiger partial charge in [-0.2, -0.15) is 10.5 Å². The van der Waals surface area contributed by atoms with Gasteiger partial charge in [-0.05, 0) is 19.1 Å². The lowest BCUT2D eigenvalue weighted by molar-refractivity contribution is -0.383. The summed E-state index contributed by atoms with van der Waals surface area (Å²) in [6.45, 7) is 2.24. The first kappa shape index (κ1) is 18.5. The third-order valence-electron chi connectivity index (χ3n) is 3.41. The lowest BCUT2D eigenvalue weighted by Crippen LogP contribution is -2.27. The second kappa shape index (κ2) is 8.89. The summed E-state index contributed by atoms with van der Waals surface area (Å²) in [5, 5.41) is 32.1. The van der Waals surface area contributed by atoms with E-state index in [1.165, 1.54) is 6.33 Å². The van der Waals surface area contributed by atoms with Crippen LogP contribution in [0.4, 0.5) is 23.1 Å². The normalized spacial score (nSPS) is 9.81. The Morgan fingerprint density at radius 2 is 1.92 bits per heavy atom. The third kappa shape index (κ3) is 4.61. The Bertz CT molecular complexity index is 853. The highest BCUT2D eigenvalue weighted by Crippen LogP contribution is 2.33.